The highest BCUT2D eigenvalue weighted by atomic mass is 16.7. The van der Waals surface area contributed by atoms with E-state index in [0.717, 1.165) is 12.1 Å². The van der Waals surface area contributed by atoms with Crippen molar-refractivity contribution < 1.29 is 14.1 Å². The summed E-state index contributed by atoms with van der Waals surface area (Å²) in [6.45, 7) is 14.6. The lowest BCUT2D eigenvalue weighted by atomic mass is 9.75. The average molecular weight is 253 g/mol. The number of hydrogen-bond acceptors (Lipinski definition) is 4. The highest BCUT2D eigenvalue weighted by molar-refractivity contribution is 6.47. The molecule has 5 heteroatoms. The van der Waals surface area contributed by atoms with Gasteiger partial charge in [-0.1, -0.05) is 25.9 Å². The van der Waals surface area contributed by atoms with Crippen molar-refractivity contribution in [1.29, 1.82) is 0 Å². The van der Waals surface area contributed by atoms with Gasteiger partial charge in [-0.2, -0.15) is 0 Å². The summed E-state index contributed by atoms with van der Waals surface area (Å²) in [7, 11) is -0.335. The molecule has 0 radical (unpaired) electrons. The zero-order valence-corrected chi connectivity index (χ0v) is 12.5. The van der Waals surface area contributed by atoms with Gasteiger partial charge in [-0.3, -0.25) is 0 Å². The first kappa shape index (κ1) is 13.9. The van der Waals surface area contributed by atoms with Crippen LogP contribution in [0.25, 0.3) is 0 Å². The fourth-order valence-corrected chi connectivity index (χ4v) is 2.03. The zero-order valence-electron chi connectivity index (χ0n) is 12.5. The summed E-state index contributed by atoms with van der Waals surface area (Å²) < 4.78 is 12.0. The van der Waals surface area contributed by atoms with Gasteiger partial charge in [-0.05, 0) is 27.7 Å². The molecule has 0 amide bonds. The van der Waals surface area contributed by atoms with Gasteiger partial charge in [0.25, 0.3) is 0 Å². The van der Waals surface area contributed by atoms with E-state index >= 15 is 0 Å². The summed E-state index contributed by atoms with van der Waals surface area (Å²) in [6.07, 6.45) is 0.778. The first-order valence-corrected chi connectivity index (χ1v) is 6.62. The van der Waals surface area contributed by atoms with Gasteiger partial charge in [0.2, 0.25) is 0 Å². The van der Waals surface area contributed by atoms with Gasteiger partial charge in [0.05, 0.1) is 16.9 Å². The summed E-state index contributed by atoms with van der Waals surface area (Å²) in [5, 5.41) is 4.19. The van der Waals surface area contributed by atoms with Crippen LogP contribution in [0, 0.1) is 5.41 Å². The van der Waals surface area contributed by atoms with Gasteiger partial charge in [0.15, 0.2) is 6.00 Å². The van der Waals surface area contributed by atoms with Crippen LogP contribution in [0.4, 0.5) is 0 Å². The van der Waals surface area contributed by atoms with Gasteiger partial charge in [0.1, 0.15) is 0 Å². The largest absolute Gasteiger partial charge is 0.505 e. The van der Waals surface area contributed by atoms with Crippen molar-refractivity contribution >= 4 is 12.8 Å². The molecule has 2 heterocycles. The number of rotatable bonds is 1. The second-order valence-corrected chi connectivity index (χ2v) is 7.26. The summed E-state index contributed by atoms with van der Waals surface area (Å²) >= 11 is 0. The smallest absolute Gasteiger partial charge is 0.401 e. The Kier molecular flexibility index (Phi) is 3.06. The van der Waals surface area contributed by atoms with Crippen molar-refractivity contribution in [3.8, 4) is 0 Å². The summed E-state index contributed by atoms with van der Waals surface area (Å²) in [5.41, 5.74) is 0.484. The van der Waals surface area contributed by atoms with E-state index in [2.05, 4.69) is 25.9 Å². The molecule has 2 rings (SSSR count). The Morgan fingerprint density at radius 1 is 1.11 bits per heavy atom. The third-order valence-corrected chi connectivity index (χ3v) is 4.13. The Morgan fingerprint density at radius 2 is 1.61 bits per heavy atom. The van der Waals surface area contributed by atoms with Gasteiger partial charge in [0, 0.05) is 11.8 Å². The van der Waals surface area contributed by atoms with Crippen LogP contribution in [-0.2, 0) is 14.1 Å². The Hall–Kier alpha value is -0.545. The molecule has 0 N–H and O–H groups in total. The molecule has 1 saturated heterocycles. The second kappa shape index (κ2) is 3.97. The fraction of sp³-hybridized carbons (Fsp3) is 0.923. The first-order chi connectivity index (χ1) is 8.03. The minimum Gasteiger partial charge on any atom is -0.401 e. The molecule has 1 atom stereocenters. The Balaban J connectivity index is 2.02. The fourth-order valence-electron chi connectivity index (χ4n) is 2.03. The van der Waals surface area contributed by atoms with E-state index < -0.39 is 0 Å². The van der Waals surface area contributed by atoms with E-state index in [1.54, 1.807) is 0 Å². The molecule has 0 spiro atoms. The quantitative estimate of drug-likeness (QED) is 0.674. The topological polar surface area (TPSA) is 40.0 Å². The highest BCUT2D eigenvalue weighted by Gasteiger charge is 2.56. The third kappa shape index (κ3) is 2.30. The van der Waals surface area contributed by atoms with Crippen molar-refractivity contribution in [3.63, 3.8) is 0 Å². The molecule has 1 unspecified atom stereocenters. The highest BCUT2D eigenvalue weighted by Crippen LogP contribution is 2.39. The van der Waals surface area contributed by atoms with Crippen molar-refractivity contribution in [2.75, 3.05) is 0 Å². The predicted molar refractivity (Wildman–Crippen MR) is 72.5 cm³/mol. The predicted octanol–water partition coefficient (Wildman–Crippen LogP) is 2.81. The summed E-state index contributed by atoms with van der Waals surface area (Å²) in [6, 6.07) is -0.125. The van der Waals surface area contributed by atoms with Crippen LogP contribution in [0.3, 0.4) is 0 Å². The monoisotopic (exact) mass is 253 g/mol. The van der Waals surface area contributed by atoms with E-state index in [1.807, 2.05) is 27.7 Å². The van der Waals surface area contributed by atoms with Crippen LogP contribution >= 0.6 is 0 Å². The minimum atomic E-state index is -0.335. The molecule has 0 aromatic carbocycles. The maximum absolute atomic E-state index is 5.99. The average Bonchev–Trinajstić information content (AvgIpc) is 2.69. The molecule has 0 bridgehead atoms. The van der Waals surface area contributed by atoms with Crippen LogP contribution in [-0.4, -0.2) is 30.0 Å². The van der Waals surface area contributed by atoms with Crippen LogP contribution < -0.4 is 0 Å². The molecule has 1 fully saturated rings. The summed E-state index contributed by atoms with van der Waals surface area (Å²) in [4.78, 5) is 5.50. The van der Waals surface area contributed by atoms with E-state index in [9.17, 15) is 0 Å². The molecule has 0 aromatic heterocycles. The van der Waals surface area contributed by atoms with E-state index in [-0.39, 0.29) is 29.7 Å². The molecule has 2 aliphatic heterocycles. The molecule has 0 aromatic rings. The molecule has 4 nitrogen and oxygen atoms in total. The minimum absolute atomic E-state index is 0.0401. The lowest BCUT2D eigenvalue weighted by molar-refractivity contribution is 0.00578. The normalized spacial score (nSPS) is 30.3. The first-order valence-electron chi connectivity index (χ1n) is 6.62. The van der Waals surface area contributed by atoms with Crippen LogP contribution in [0.5, 0.6) is 0 Å². The Labute approximate surface area is 110 Å². The molecule has 2 aliphatic rings. The lowest BCUT2D eigenvalue weighted by Crippen LogP contribution is -2.41. The molecule has 0 saturated carbocycles. The SMILES string of the molecule is CC(C)(C)C1=NOC(B2OC(C)(C)C(C)(C)O2)C1. The number of oxime groups is 1. The van der Waals surface area contributed by atoms with Gasteiger partial charge >= 0.3 is 7.12 Å². The zero-order chi connectivity index (χ0) is 13.8. The molecule has 0 aliphatic carbocycles. The summed E-state index contributed by atoms with van der Waals surface area (Å²) in [5.74, 6) is 0. The lowest BCUT2D eigenvalue weighted by Gasteiger charge is -2.32. The van der Waals surface area contributed by atoms with Crippen LogP contribution in [0.2, 0.25) is 0 Å². The maximum atomic E-state index is 5.99. The van der Waals surface area contributed by atoms with Crippen molar-refractivity contribution in [1.82, 2.24) is 0 Å². The molecule has 102 valence electrons. The third-order valence-electron chi connectivity index (χ3n) is 4.13. The van der Waals surface area contributed by atoms with Crippen LogP contribution in [0.15, 0.2) is 5.16 Å². The Bertz CT molecular complexity index is 355. The number of hydrogen-bond donors (Lipinski definition) is 0. The Morgan fingerprint density at radius 3 is 2.00 bits per heavy atom. The number of nitrogens with zero attached hydrogens (tertiary/aromatic N) is 1. The van der Waals surface area contributed by atoms with E-state index in [4.69, 9.17) is 14.1 Å². The van der Waals surface area contributed by atoms with E-state index in [1.165, 1.54) is 0 Å². The van der Waals surface area contributed by atoms with Crippen molar-refractivity contribution in [3.05, 3.63) is 0 Å². The van der Waals surface area contributed by atoms with Crippen molar-refractivity contribution in [2.45, 2.75) is 72.1 Å². The van der Waals surface area contributed by atoms with Gasteiger partial charge < -0.3 is 14.1 Å². The van der Waals surface area contributed by atoms with E-state index in [0.29, 0.717) is 0 Å². The van der Waals surface area contributed by atoms with Gasteiger partial charge in [-0.25, -0.2) is 0 Å². The van der Waals surface area contributed by atoms with Crippen LogP contribution in [0.1, 0.15) is 54.9 Å². The maximum Gasteiger partial charge on any atom is 0.505 e. The molecular formula is C13H24BNO3. The molecular weight excluding hydrogens is 229 g/mol. The standard InChI is InChI=1S/C13H24BNO3/c1-11(2,3)9-8-10(16-15-9)14-17-12(4,5)13(6,7)18-14/h10H,8H2,1-7H3. The molecule has 18 heavy (non-hydrogen) atoms. The second-order valence-electron chi connectivity index (χ2n) is 7.26. The van der Waals surface area contributed by atoms with Crippen molar-refractivity contribution in [2.24, 2.45) is 10.6 Å². The van der Waals surface area contributed by atoms with Gasteiger partial charge in [-0.15, -0.1) is 0 Å².